The molecule has 0 bridgehead atoms. The van der Waals surface area contributed by atoms with Crippen molar-refractivity contribution < 1.29 is 0 Å². The van der Waals surface area contributed by atoms with Crippen molar-refractivity contribution in [3.05, 3.63) is 17.5 Å². The second kappa shape index (κ2) is 2.19. The zero-order chi connectivity index (χ0) is 8.77. The third-order valence-electron chi connectivity index (χ3n) is 2.49. The van der Waals surface area contributed by atoms with Crippen molar-refractivity contribution in [1.29, 1.82) is 0 Å². The van der Waals surface area contributed by atoms with E-state index in [1.807, 2.05) is 13.0 Å². The maximum atomic E-state index is 5.56. The van der Waals surface area contributed by atoms with Crippen LogP contribution in [0.5, 0.6) is 0 Å². The molecule has 1 heterocycles. The van der Waals surface area contributed by atoms with E-state index in [9.17, 15) is 0 Å². The molecule has 12 heavy (non-hydrogen) atoms. The number of anilines is 1. The zero-order valence-corrected chi connectivity index (χ0v) is 7.46. The first kappa shape index (κ1) is 7.53. The van der Waals surface area contributed by atoms with Crippen LogP contribution >= 0.6 is 0 Å². The van der Waals surface area contributed by atoms with Crippen LogP contribution in [-0.2, 0) is 5.41 Å². The lowest BCUT2D eigenvalue weighted by molar-refractivity contribution is 0.744. The standard InChI is InChI=1S/C9H13N3/c1-6-5-7(9(2)3-4-9)12-8(10)11-6/h5H,3-4H2,1-2H3,(H2,10,11,12). The van der Waals surface area contributed by atoms with Gasteiger partial charge in [-0.1, -0.05) is 6.92 Å². The SMILES string of the molecule is Cc1cc(C2(C)CC2)nc(N)n1. The predicted octanol–water partition coefficient (Wildman–Crippen LogP) is 1.42. The highest BCUT2D eigenvalue weighted by molar-refractivity contribution is 5.30. The zero-order valence-electron chi connectivity index (χ0n) is 7.46. The van der Waals surface area contributed by atoms with Gasteiger partial charge < -0.3 is 5.73 Å². The average molecular weight is 163 g/mol. The summed E-state index contributed by atoms with van der Waals surface area (Å²) in [5.41, 5.74) is 7.92. The van der Waals surface area contributed by atoms with E-state index in [-0.39, 0.29) is 0 Å². The lowest BCUT2D eigenvalue weighted by Gasteiger charge is -2.08. The Balaban J connectivity index is 2.44. The Bertz CT molecular complexity index is 295. The number of aryl methyl sites for hydroxylation is 1. The topological polar surface area (TPSA) is 51.8 Å². The molecule has 64 valence electrons. The molecule has 1 saturated carbocycles. The molecule has 1 aromatic rings. The van der Waals surface area contributed by atoms with Crippen molar-refractivity contribution in [2.24, 2.45) is 0 Å². The molecule has 3 heteroatoms. The van der Waals surface area contributed by atoms with Crippen LogP contribution in [-0.4, -0.2) is 9.97 Å². The summed E-state index contributed by atoms with van der Waals surface area (Å²) in [4.78, 5) is 8.28. The van der Waals surface area contributed by atoms with Gasteiger partial charge in [-0.15, -0.1) is 0 Å². The van der Waals surface area contributed by atoms with Crippen molar-refractivity contribution in [2.75, 3.05) is 5.73 Å². The largest absolute Gasteiger partial charge is 0.368 e. The number of hydrogen-bond donors (Lipinski definition) is 1. The predicted molar refractivity (Wildman–Crippen MR) is 47.8 cm³/mol. The Morgan fingerprint density at radius 2 is 2.08 bits per heavy atom. The Morgan fingerprint density at radius 1 is 1.42 bits per heavy atom. The van der Waals surface area contributed by atoms with E-state index >= 15 is 0 Å². The Labute approximate surface area is 72.0 Å². The molecule has 0 unspecified atom stereocenters. The van der Waals surface area contributed by atoms with Crippen LogP contribution in [0, 0.1) is 6.92 Å². The molecular formula is C9H13N3. The minimum Gasteiger partial charge on any atom is -0.368 e. The minimum atomic E-state index is 0.293. The van der Waals surface area contributed by atoms with Crippen LogP contribution in [0.3, 0.4) is 0 Å². The quantitative estimate of drug-likeness (QED) is 0.681. The third-order valence-corrected chi connectivity index (χ3v) is 2.49. The molecule has 0 saturated heterocycles. The molecule has 0 atom stereocenters. The fourth-order valence-corrected chi connectivity index (χ4v) is 1.34. The molecule has 1 aliphatic carbocycles. The molecule has 0 spiro atoms. The summed E-state index contributed by atoms with van der Waals surface area (Å²) in [5.74, 6) is 0.401. The van der Waals surface area contributed by atoms with Gasteiger partial charge >= 0.3 is 0 Å². The number of hydrogen-bond acceptors (Lipinski definition) is 3. The van der Waals surface area contributed by atoms with Gasteiger partial charge in [0.1, 0.15) is 0 Å². The van der Waals surface area contributed by atoms with Gasteiger partial charge in [0.15, 0.2) is 0 Å². The highest BCUT2D eigenvalue weighted by atomic mass is 15.0. The molecule has 1 aromatic heterocycles. The van der Waals surface area contributed by atoms with Gasteiger partial charge in [0.25, 0.3) is 0 Å². The molecule has 1 fully saturated rings. The van der Waals surface area contributed by atoms with Crippen LogP contribution < -0.4 is 5.73 Å². The highest BCUT2D eigenvalue weighted by Crippen LogP contribution is 2.46. The maximum absolute atomic E-state index is 5.56. The molecule has 0 aromatic carbocycles. The molecule has 2 rings (SSSR count). The molecule has 0 radical (unpaired) electrons. The van der Waals surface area contributed by atoms with Crippen LogP contribution in [0.15, 0.2) is 6.07 Å². The average Bonchev–Trinajstić information content (AvgIpc) is 2.67. The van der Waals surface area contributed by atoms with Gasteiger partial charge in [0.2, 0.25) is 5.95 Å². The van der Waals surface area contributed by atoms with Gasteiger partial charge in [-0.25, -0.2) is 9.97 Å². The van der Waals surface area contributed by atoms with Crippen molar-refractivity contribution in [3.8, 4) is 0 Å². The van der Waals surface area contributed by atoms with Gasteiger partial charge in [-0.05, 0) is 25.8 Å². The third kappa shape index (κ3) is 1.15. The van der Waals surface area contributed by atoms with Crippen LogP contribution in [0.4, 0.5) is 5.95 Å². The van der Waals surface area contributed by atoms with E-state index in [0.717, 1.165) is 11.4 Å². The van der Waals surface area contributed by atoms with E-state index in [1.165, 1.54) is 12.8 Å². The van der Waals surface area contributed by atoms with Gasteiger partial charge in [0, 0.05) is 11.1 Å². The molecule has 2 N–H and O–H groups in total. The number of nitrogens with two attached hydrogens (primary N) is 1. The Kier molecular flexibility index (Phi) is 1.37. The van der Waals surface area contributed by atoms with Crippen LogP contribution in [0.25, 0.3) is 0 Å². The van der Waals surface area contributed by atoms with Crippen molar-refractivity contribution >= 4 is 5.95 Å². The van der Waals surface area contributed by atoms with Gasteiger partial charge in [-0.2, -0.15) is 0 Å². The first-order chi connectivity index (χ1) is 5.60. The number of nitrogen functional groups attached to an aromatic ring is 1. The van der Waals surface area contributed by atoms with Gasteiger partial charge in [-0.3, -0.25) is 0 Å². The lowest BCUT2D eigenvalue weighted by Crippen LogP contribution is -2.07. The maximum Gasteiger partial charge on any atom is 0.220 e. The van der Waals surface area contributed by atoms with E-state index in [0.29, 0.717) is 11.4 Å². The Morgan fingerprint density at radius 3 is 2.58 bits per heavy atom. The molecule has 3 nitrogen and oxygen atoms in total. The Hall–Kier alpha value is -1.12. The summed E-state index contributed by atoms with van der Waals surface area (Å²) in [6, 6.07) is 2.03. The van der Waals surface area contributed by atoms with E-state index in [1.54, 1.807) is 0 Å². The van der Waals surface area contributed by atoms with Crippen LogP contribution in [0.2, 0.25) is 0 Å². The molecule has 0 amide bonds. The molecule has 0 aliphatic heterocycles. The smallest absolute Gasteiger partial charge is 0.220 e. The summed E-state index contributed by atoms with van der Waals surface area (Å²) in [6.07, 6.45) is 2.45. The van der Waals surface area contributed by atoms with Crippen LogP contribution in [0.1, 0.15) is 31.2 Å². The normalized spacial score (nSPS) is 19.2. The summed E-state index contributed by atoms with van der Waals surface area (Å²) in [7, 11) is 0. The fraction of sp³-hybridized carbons (Fsp3) is 0.556. The number of aromatic nitrogens is 2. The molecular weight excluding hydrogens is 150 g/mol. The highest BCUT2D eigenvalue weighted by Gasteiger charge is 2.40. The van der Waals surface area contributed by atoms with E-state index in [2.05, 4.69) is 16.9 Å². The minimum absolute atomic E-state index is 0.293. The summed E-state index contributed by atoms with van der Waals surface area (Å²) >= 11 is 0. The first-order valence-electron chi connectivity index (χ1n) is 4.22. The second-order valence-electron chi connectivity index (χ2n) is 3.81. The van der Waals surface area contributed by atoms with Crippen molar-refractivity contribution in [1.82, 2.24) is 9.97 Å². The summed E-state index contributed by atoms with van der Waals surface area (Å²) < 4.78 is 0. The first-order valence-corrected chi connectivity index (χ1v) is 4.22. The summed E-state index contributed by atoms with van der Waals surface area (Å²) in [6.45, 7) is 4.17. The van der Waals surface area contributed by atoms with E-state index in [4.69, 9.17) is 5.73 Å². The second-order valence-corrected chi connectivity index (χ2v) is 3.81. The fourth-order valence-electron chi connectivity index (χ4n) is 1.34. The van der Waals surface area contributed by atoms with Crippen molar-refractivity contribution in [3.63, 3.8) is 0 Å². The monoisotopic (exact) mass is 163 g/mol. The summed E-state index contributed by atoms with van der Waals surface area (Å²) in [5, 5.41) is 0. The van der Waals surface area contributed by atoms with E-state index < -0.39 is 0 Å². The number of rotatable bonds is 1. The lowest BCUT2D eigenvalue weighted by atomic mass is 10.1. The van der Waals surface area contributed by atoms with Crippen molar-refractivity contribution in [2.45, 2.75) is 32.1 Å². The number of nitrogens with zero attached hydrogens (tertiary/aromatic N) is 2. The van der Waals surface area contributed by atoms with Gasteiger partial charge in [0.05, 0.1) is 5.69 Å². The molecule has 1 aliphatic rings.